The third-order valence-electron chi connectivity index (χ3n) is 3.07. The van der Waals surface area contributed by atoms with E-state index in [0.717, 1.165) is 44.7 Å². The number of hydrogen-bond acceptors (Lipinski definition) is 2. The number of carbonyl (C=O) groups is 1. The van der Waals surface area contributed by atoms with E-state index in [9.17, 15) is 4.79 Å². The third-order valence-corrected chi connectivity index (χ3v) is 3.07. The highest BCUT2D eigenvalue weighted by molar-refractivity contribution is 5.78. The van der Waals surface area contributed by atoms with Crippen LogP contribution in [-0.2, 0) is 4.79 Å². The van der Waals surface area contributed by atoms with E-state index in [2.05, 4.69) is 11.2 Å². The summed E-state index contributed by atoms with van der Waals surface area (Å²) in [6.07, 6.45) is 11.7. The lowest BCUT2D eigenvalue weighted by Crippen LogP contribution is -2.27. The minimum absolute atomic E-state index is 0.392. The van der Waals surface area contributed by atoms with Gasteiger partial charge < -0.3 is 5.32 Å². The summed E-state index contributed by atoms with van der Waals surface area (Å²) < 4.78 is 0. The van der Waals surface area contributed by atoms with Crippen molar-refractivity contribution in [2.24, 2.45) is 5.92 Å². The zero-order valence-electron chi connectivity index (χ0n) is 9.43. The van der Waals surface area contributed by atoms with Crippen LogP contribution in [0, 0.1) is 18.3 Å². The summed E-state index contributed by atoms with van der Waals surface area (Å²) in [6.45, 7) is 2.24. The first-order valence-electron chi connectivity index (χ1n) is 5.99. The Bertz CT molecular complexity index is 223. The molecule has 0 radical (unpaired) electrons. The fraction of sp³-hybridized carbons (Fsp3) is 0.769. The van der Waals surface area contributed by atoms with Gasteiger partial charge in [0, 0.05) is 19.3 Å². The summed E-state index contributed by atoms with van der Waals surface area (Å²) in [5.41, 5.74) is 0. The average Bonchev–Trinajstić information content (AvgIpc) is 2.28. The fourth-order valence-electron chi connectivity index (χ4n) is 2.05. The Balaban J connectivity index is 2.03. The molecule has 2 nitrogen and oxygen atoms in total. The van der Waals surface area contributed by atoms with Crippen LogP contribution >= 0.6 is 0 Å². The van der Waals surface area contributed by atoms with Crippen molar-refractivity contribution in [3.8, 4) is 12.3 Å². The summed E-state index contributed by atoms with van der Waals surface area (Å²) in [7, 11) is 0. The van der Waals surface area contributed by atoms with Gasteiger partial charge in [0.25, 0.3) is 0 Å². The number of unbranched alkanes of at least 4 members (excludes halogenated alkanes) is 1. The van der Waals surface area contributed by atoms with E-state index in [1.54, 1.807) is 0 Å². The van der Waals surface area contributed by atoms with Gasteiger partial charge in [0.2, 0.25) is 0 Å². The lowest BCUT2D eigenvalue weighted by atomic mass is 9.91. The Kier molecular flexibility index (Phi) is 6.11. The summed E-state index contributed by atoms with van der Waals surface area (Å²) in [6, 6.07) is 0. The van der Waals surface area contributed by atoms with Crippen LogP contribution in [0.5, 0.6) is 0 Å². The van der Waals surface area contributed by atoms with Crippen LogP contribution in [-0.4, -0.2) is 18.9 Å². The smallest absolute Gasteiger partial charge is 0.132 e. The fourth-order valence-corrected chi connectivity index (χ4v) is 2.05. The molecule has 0 spiro atoms. The second-order valence-electron chi connectivity index (χ2n) is 4.33. The maximum atomic E-state index is 11.5. The van der Waals surface area contributed by atoms with E-state index in [1.165, 1.54) is 12.8 Å². The largest absolute Gasteiger partial charge is 0.317 e. The number of Topliss-reactive ketones (excluding diaryl/α,β-unsaturated/α-hetero) is 1. The Labute approximate surface area is 92.8 Å². The molecule has 0 aromatic rings. The van der Waals surface area contributed by atoms with Gasteiger partial charge in [-0.2, -0.15) is 0 Å². The molecule has 0 unspecified atom stereocenters. The van der Waals surface area contributed by atoms with Gasteiger partial charge in [-0.1, -0.05) is 0 Å². The third kappa shape index (κ3) is 5.59. The van der Waals surface area contributed by atoms with Crippen LogP contribution < -0.4 is 5.32 Å². The van der Waals surface area contributed by atoms with Crippen LogP contribution in [0.15, 0.2) is 0 Å². The van der Waals surface area contributed by atoms with Crippen molar-refractivity contribution in [2.75, 3.05) is 13.1 Å². The van der Waals surface area contributed by atoms with Crippen LogP contribution in [0.4, 0.5) is 0 Å². The van der Waals surface area contributed by atoms with Gasteiger partial charge in [0.05, 0.1) is 0 Å². The highest BCUT2D eigenvalue weighted by atomic mass is 16.1. The molecular formula is C13H21NO. The molecule has 0 aliphatic carbocycles. The van der Waals surface area contributed by atoms with E-state index in [-0.39, 0.29) is 0 Å². The van der Waals surface area contributed by atoms with E-state index in [1.807, 2.05) is 0 Å². The standard InChI is InChI=1S/C13H21NO/c1-2-3-4-5-13(15)7-6-12-8-10-14-11-9-12/h1,12,14H,3-11H2. The van der Waals surface area contributed by atoms with Crippen molar-refractivity contribution < 1.29 is 4.79 Å². The summed E-state index contributed by atoms with van der Waals surface area (Å²) >= 11 is 0. The van der Waals surface area contributed by atoms with Crippen molar-refractivity contribution in [2.45, 2.75) is 44.9 Å². The first-order chi connectivity index (χ1) is 7.33. The van der Waals surface area contributed by atoms with Gasteiger partial charge in [0.1, 0.15) is 5.78 Å². The molecule has 0 aromatic heterocycles. The molecule has 15 heavy (non-hydrogen) atoms. The number of hydrogen-bond donors (Lipinski definition) is 1. The molecule has 1 rings (SSSR count). The number of nitrogens with one attached hydrogen (secondary N) is 1. The Morgan fingerprint density at radius 2 is 2.07 bits per heavy atom. The summed E-state index contributed by atoms with van der Waals surface area (Å²) in [4.78, 5) is 11.5. The van der Waals surface area contributed by atoms with Gasteiger partial charge in [0.15, 0.2) is 0 Å². The molecule has 1 N–H and O–H groups in total. The Morgan fingerprint density at radius 3 is 2.73 bits per heavy atom. The average molecular weight is 207 g/mol. The van der Waals surface area contributed by atoms with Gasteiger partial charge >= 0.3 is 0 Å². The zero-order chi connectivity index (χ0) is 10.9. The normalized spacial score (nSPS) is 17.3. The SMILES string of the molecule is C#CCCCC(=O)CCC1CCNCC1. The monoisotopic (exact) mass is 207 g/mol. The lowest BCUT2D eigenvalue weighted by molar-refractivity contribution is -0.119. The first-order valence-corrected chi connectivity index (χ1v) is 5.99. The van der Waals surface area contributed by atoms with E-state index in [0.29, 0.717) is 12.2 Å². The first kappa shape index (κ1) is 12.3. The zero-order valence-corrected chi connectivity index (χ0v) is 9.43. The number of ketones is 1. The maximum absolute atomic E-state index is 11.5. The summed E-state index contributed by atoms with van der Waals surface area (Å²) in [5.74, 6) is 3.73. The topological polar surface area (TPSA) is 29.1 Å². The van der Waals surface area contributed by atoms with Crippen molar-refractivity contribution >= 4 is 5.78 Å². The molecule has 1 fully saturated rings. The van der Waals surface area contributed by atoms with Crippen molar-refractivity contribution in [1.29, 1.82) is 0 Å². The molecule has 1 heterocycles. The quantitative estimate of drug-likeness (QED) is 0.534. The van der Waals surface area contributed by atoms with Gasteiger partial charge in [-0.3, -0.25) is 4.79 Å². The van der Waals surface area contributed by atoms with Gasteiger partial charge in [-0.15, -0.1) is 12.3 Å². The van der Waals surface area contributed by atoms with Gasteiger partial charge in [-0.25, -0.2) is 0 Å². The molecule has 0 atom stereocenters. The summed E-state index contributed by atoms with van der Waals surface area (Å²) in [5, 5.41) is 3.34. The molecule has 1 aliphatic heterocycles. The molecule has 0 amide bonds. The Hall–Kier alpha value is -0.810. The predicted molar refractivity (Wildman–Crippen MR) is 62.5 cm³/mol. The van der Waals surface area contributed by atoms with Crippen LogP contribution in [0.25, 0.3) is 0 Å². The van der Waals surface area contributed by atoms with E-state index < -0.39 is 0 Å². The minimum Gasteiger partial charge on any atom is -0.317 e. The maximum Gasteiger partial charge on any atom is 0.132 e. The second kappa shape index (κ2) is 7.48. The molecule has 84 valence electrons. The van der Waals surface area contributed by atoms with E-state index in [4.69, 9.17) is 6.42 Å². The molecule has 2 heteroatoms. The highest BCUT2D eigenvalue weighted by Gasteiger charge is 2.13. The molecule has 0 aromatic carbocycles. The predicted octanol–water partition coefficient (Wildman–Crippen LogP) is 2.14. The number of rotatable bonds is 6. The molecular weight excluding hydrogens is 186 g/mol. The molecule has 0 bridgehead atoms. The number of piperidine rings is 1. The molecule has 1 aliphatic rings. The lowest BCUT2D eigenvalue weighted by Gasteiger charge is -2.21. The minimum atomic E-state index is 0.392. The van der Waals surface area contributed by atoms with Crippen LogP contribution in [0.3, 0.4) is 0 Å². The van der Waals surface area contributed by atoms with Gasteiger partial charge in [-0.05, 0) is 44.7 Å². The van der Waals surface area contributed by atoms with Crippen LogP contribution in [0.2, 0.25) is 0 Å². The molecule has 0 saturated carbocycles. The van der Waals surface area contributed by atoms with E-state index >= 15 is 0 Å². The Morgan fingerprint density at radius 1 is 1.33 bits per heavy atom. The van der Waals surface area contributed by atoms with Crippen LogP contribution in [0.1, 0.15) is 44.9 Å². The van der Waals surface area contributed by atoms with Crippen molar-refractivity contribution in [3.63, 3.8) is 0 Å². The van der Waals surface area contributed by atoms with Crippen molar-refractivity contribution in [3.05, 3.63) is 0 Å². The van der Waals surface area contributed by atoms with Crippen molar-refractivity contribution in [1.82, 2.24) is 5.32 Å². The molecule has 1 saturated heterocycles. The number of carbonyl (C=O) groups excluding carboxylic acids is 1. The second-order valence-corrected chi connectivity index (χ2v) is 4.33. The highest BCUT2D eigenvalue weighted by Crippen LogP contribution is 2.18. The number of terminal acetylenes is 1.